The van der Waals surface area contributed by atoms with Crippen molar-refractivity contribution in [1.82, 2.24) is 5.32 Å². The standard InChI is InChI=1S/C40H63NO7/c1-2-3-4-5-6-7-8-9-10-11-12-13-18-24-43-26-28-45-30-32-47-33-31-46-29-27-44-25-23-41-40(42)48-34-39-37-21-16-14-19-35(37)36-20-15-17-22-38(36)39/h14-17,19-22,39H,2-13,18,23-34H2,1H3,(H,41,42). The van der Waals surface area contributed by atoms with Crippen molar-refractivity contribution in [1.29, 1.82) is 0 Å². The predicted octanol–water partition coefficient (Wildman–Crippen LogP) is 8.70. The maximum atomic E-state index is 12.2. The number of alkyl carbamates (subject to hydrolysis) is 1. The van der Waals surface area contributed by atoms with Gasteiger partial charge in [0.2, 0.25) is 0 Å². The number of ether oxygens (including phenoxy) is 6. The third-order valence-corrected chi connectivity index (χ3v) is 8.74. The van der Waals surface area contributed by atoms with Crippen LogP contribution in [0.25, 0.3) is 11.1 Å². The molecule has 0 aromatic heterocycles. The highest BCUT2D eigenvalue weighted by Crippen LogP contribution is 2.44. The van der Waals surface area contributed by atoms with E-state index in [1.165, 1.54) is 99.3 Å². The van der Waals surface area contributed by atoms with Gasteiger partial charge in [0.05, 0.1) is 59.5 Å². The molecule has 270 valence electrons. The summed E-state index contributed by atoms with van der Waals surface area (Å²) in [5.74, 6) is 0.0520. The molecular formula is C40H63NO7. The van der Waals surface area contributed by atoms with Crippen molar-refractivity contribution in [2.75, 3.05) is 79.2 Å². The minimum Gasteiger partial charge on any atom is -0.449 e. The van der Waals surface area contributed by atoms with Crippen LogP contribution in [0.1, 0.15) is 107 Å². The Kier molecular flexibility index (Phi) is 22.8. The molecule has 0 atom stereocenters. The van der Waals surface area contributed by atoms with E-state index in [0.29, 0.717) is 72.6 Å². The summed E-state index contributed by atoms with van der Waals surface area (Å²) >= 11 is 0. The van der Waals surface area contributed by atoms with Crippen LogP contribution in [-0.2, 0) is 28.4 Å². The Bertz CT molecular complexity index is 1040. The Balaban J connectivity index is 0.986. The van der Waals surface area contributed by atoms with Crippen molar-refractivity contribution in [3.8, 4) is 11.1 Å². The smallest absolute Gasteiger partial charge is 0.407 e. The Morgan fingerprint density at radius 2 is 0.917 bits per heavy atom. The highest BCUT2D eigenvalue weighted by Gasteiger charge is 2.28. The number of fused-ring (bicyclic) bond motifs is 3. The zero-order chi connectivity index (χ0) is 33.7. The zero-order valence-electron chi connectivity index (χ0n) is 29.7. The van der Waals surface area contributed by atoms with Crippen LogP contribution in [0.5, 0.6) is 0 Å². The van der Waals surface area contributed by atoms with E-state index in [1.807, 2.05) is 24.3 Å². The number of unbranched alkanes of at least 4 members (excludes halogenated alkanes) is 12. The van der Waals surface area contributed by atoms with Crippen molar-refractivity contribution in [2.24, 2.45) is 0 Å². The fraction of sp³-hybridized carbons (Fsp3) is 0.675. The van der Waals surface area contributed by atoms with Crippen LogP contribution in [0, 0.1) is 0 Å². The zero-order valence-corrected chi connectivity index (χ0v) is 29.7. The summed E-state index contributed by atoms with van der Waals surface area (Å²) in [7, 11) is 0. The molecule has 0 bridgehead atoms. The Morgan fingerprint density at radius 1 is 0.521 bits per heavy atom. The van der Waals surface area contributed by atoms with Crippen molar-refractivity contribution < 1.29 is 33.2 Å². The van der Waals surface area contributed by atoms with Gasteiger partial charge in [-0.25, -0.2) is 4.79 Å². The number of carbonyl (C=O) groups is 1. The molecule has 0 saturated heterocycles. The van der Waals surface area contributed by atoms with Crippen molar-refractivity contribution in [2.45, 2.75) is 96.3 Å². The number of nitrogens with one attached hydrogen (secondary N) is 1. The van der Waals surface area contributed by atoms with Gasteiger partial charge in [0.25, 0.3) is 0 Å². The lowest BCUT2D eigenvalue weighted by molar-refractivity contribution is -0.0110. The molecule has 48 heavy (non-hydrogen) atoms. The van der Waals surface area contributed by atoms with Crippen molar-refractivity contribution >= 4 is 6.09 Å². The van der Waals surface area contributed by atoms with Gasteiger partial charge >= 0.3 is 6.09 Å². The van der Waals surface area contributed by atoms with Crippen molar-refractivity contribution in [3.05, 3.63) is 59.7 Å². The Morgan fingerprint density at radius 3 is 1.40 bits per heavy atom. The molecule has 0 radical (unpaired) electrons. The van der Waals surface area contributed by atoms with Gasteiger partial charge < -0.3 is 33.7 Å². The van der Waals surface area contributed by atoms with Crippen molar-refractivity contribution in [3.63, 3.8) is 0 Å². The van der Waals surface area contributed by atoms with Crippen LogP contribution in [0.3, 0.4) is 0 Å². The molecule has 1 aliphatic rings. The summed E-state index contributed by atoms with van der Waals surface area (Å²) in [5, 5.41) is 2.76. The average molecular weight is 670 g/mol. The van der Waals surface area contributed by atoms with Gasteiger partial charge in [-0.05, 0) is 28.7 Å². The summed E-state index contributed by atoms with van der Waals surface area (Å²) in [6.45, 7) is 8.47. The second-order valence-corrected chi connectivity index (χ2v) is 12.6. The molecule has 0 aliphatic heterocycles. The van der Waals surface area contributed by atoms with Gasteiger partial charge in [0.1, 0.15) is 6.61 Å². The second kappa shape index (κ2) is 27.3. The number of rotatable bonds is 31. The molecule has 8 heteroatoms. The maximum Gasteiger partial charge on any atom is 0.407 e. The first-order valence-corrected chi connectivity index (χ1v) is 18.8. The van der Waals surface area contributed by atoms with E-state index in [0.717, 1.165) is 13.0 Å². The summed E-state index contributed by atoms with van der Waals surface area (Å²) in [5.41, 5.74) is 4.82. The molecule has 2 aromatic rings. The molecule has 1 aliphatic carbocycles. The van der Waals surface area contributed by atoms with Gasteiger partial charge in [0, 0.05) is 19.1 Å². The van der Waals surface area contributed by atoms with E-state index in [9.17, 15) is 4.79 Å². The van der Waals surface area contributed by atoms with E-state index in [2.05, 4.69) is 36.5 Å². The molecule has 2 aromatic carbocycles. The van der Waals surface area contributed by atoms with Gasteiger partial charge in [-0.2, -0.15) is 0 Å². The lowest BCUT2D eigenvalue weighted by Crippen LogP contribution is -2.29. The largest absolute Gasteiger partial charge is 0.449 e. The van der Waals surface area contributed by atoms with E-state index >= 15 is 0 Å². The highest BCUT2D eigenvalue weighted by molar-refractivity contribution is 5.79. The second-order valence-electron chi connectivity index (χ2n) is 12.6. The number of hydrogen-bond donors (Lipinski definition) is 1. The molecule has 0 fully saturated rings. The number of hydrogen-bond acceptors (Lipinski definition) is 7. The van der Waals surface area contributed by atoms with E-state index in [-0.39, 0.29) is 5.92 Å². The Labute approximate surface area is 290 Å². The third kappa shape index (κ3) is 17.3. The van der Waals surface area contributed by atoms with Crippen LogP contribution < -0.4 is 5.32 Å². The maximum absolute atomic E-state index is 12.2. The quantitative estimate of drug-likeness (QED) is 0.0804. The number of benzene rings is 2. The molecule has 0 unspecified atom stereocenters. The lowest BCUT2D eigenvalue weighted by Gasteiger charge is -2.14. The Hall–Kier alpha value is -2.49. The molecular weight excluding hydrogens is 606 g/mol. The summed E-state index contributed by atoms with van der Waals surface area (Å²) in [6, 6.07) is 16.6. The van der Waals surface area contributed by atoms with E-state index in [1.54, 1.807) is 0 Å². The van der Waals surface area contributed by atoms with Gasteiger partial charge in [-0.3, -0.25) is 0 Å². The fourth-order valence-electron chi connectivity index (χ4n) is 6.08. The fourth-order valence-corrected chi connectivity index (χ4v) is 6.08. The molecule has 3 rings (SSSR count). The predicted molar refractivity (Wildman–Crippen MR) is 193 cm³/mol. The average Bonchev–Trinajstić information content (AvgIpc) is 3.43. The molecule has 0 spiro atoms. The monoisotopic (exact) mass is 669 g/mol. The van der Waals surface area contributed by atoms with Crippen LogP contribution in [0.4, 0.5) is 4.79 Å². The van der Waals surface area contributed by atoms with Gasteiger partial charge in [-0.1, -0.05) is 133 Å². The molecule has 0 heterocycles. The third-order valence-electron chi connectivity index (χ3n) is 8.74. The molecule has 1 amide bonds. The minimum absolute atomic E-state index is 0.0520. The van der Waals surface area contributed by atoms with Crippen LogP contribution >= 0.6 is 0 Å². The van der Waals surface area contributed by atoms with Crippen LogP contribution in [0.15, 0.2) is 48.5 Å². The first-order valence-electron chi connectivity index (χ1n) is 18.8. The SMILES string of the molecule is CCCCCCCCCCCCCCCOCCOCCOCCOCCOCCNC(=O)OCC1c2ccccc2-c2ccccc21. The molecule has 8 nitrogen and oxygen atoms in total. The van der Waals surface area contributed by atoms with Gasteiger partial charge in [0.15, 0.2) is 0 Å². The lowest BCUT2D eigenvalue weighted by atomic mass is 9.98. The summed E-state index contributed by atoms with van der Waals surface area (Å²) in [4.78, 5) is 12.2. The summed E-state index contributed by atoms with van der Waals surface area (Å²) < 4.78 is 33.4. The minimum atomic E-state index is -0.435. The van der Waals surface area contributed by atoms with E-state index in [4.69, 9.17) is 28.4 Å². The molecule has 0 saturated carbocycles. The number of carbonyl (C=O) groups excluding carboxylic acids is 1. The molecule has 1 N–H and O–H groups in total. The van der Waals surface area contributed by atoms with Crippen LogP contribution in [-0.4, -0.2) is 85.3 Å². The van der Waals surface area contributed by atoms with E-state index < -0.39 is 6.09 Å². The topological polar surface area (TPSA) is 84.5 Å². The first kappa shape index (κ1) is 39.9. The number of amides is 1. The first-order chi connectivity index (χ1) is 23.8. The summed E-state index contributed by atoms with van der Waals surface area (Å²) in [6.07, 6.45) is 17.3. The normalized spacial score (nSPS) is 12.3. The van der Waals surface area contributed by atoms with Crippen LogP contribution in [0.2, 0.25) is 0 Å². The van der Waals surface area contributed by atoms with Gasteiger partial charge in [-0.15, -0.1) is 0 Å². The highest BCUT2D eigenvalue weighted by atomic mass is 16.6.